The van der Waals surface area contributed by atoms with E-state index in [9.17, 15) is 18.0 Å². The summed E-state index contributed by atoms with van der Waals surface area (Å²) in [4.78, 5) is 24.6. The minimum absolute atomic E-state index is 0.00684. The minimum atomic E-state index is -3.66. The Bertz CT molecular complexity index is 784. The molecule has 0 unspecified atom stereocenters. The molecule has 136 valence electrons. The summed E-state index contributed by atoms with van der Waals surface area (Å²) in [6.45, 7) is 3.70. The van der Waals surface area contributed by atoms with E-state index in [2.05, 4.69) is 0 Å². The Balaban J connectivity index is 1.82. The number of hydrogen-bond acceptors (Lipinski definition) is 4. The van der Waals surface area contributed by atoms with E-state index >= 15 is 0 Å². The number of carbonyl (C=O) groups is 2. The van der Waals surface area contributed by atoms with Crippen LogP contribution >= 0.6 is 0 Å². The lowest BCUT2D eigenvalue weighted by Crippen LogP contribution is -2.33. The van der Waals surface area contributed by atoms with Gasteiger partial charge in [-0.15, -0.1) is 0 Å². The van der Waals surface area contributed by atoms with Crippen molar-refractivity contribution in [2.24, 2.45) is 11.3 Å². The largest absolute Gasteiger partial charge is 0.300 e. The van der Waals surface area contributed by atoms with Gasteiger partial charge in [0.25, 0.3) is 0 Å². The van der Waals surface area contributed by atoms with Crippen molar-refractivity contribution in [2.75, 3.05) is 13.1 Å². The minimum Gasteiger partial charge on any atom is -0.300 e. The number of carbonyl (C=O) groups excluding carboxylic acids is 2. The molecule has 1 aliphatic heterocycles. The third kappa shape index (κ3) is 3.42. The zero-order valence-electron chi connectivity index (χ0n) is 14.8. The lowest BCUT2D eigenvalue weighted by Gasteiger charge is -2.26. The normalized spacial score (nSPS) is 28.2. The molecule has 1 aliphatic carbocycles. The van der Waals surface area contributed by atoms with Crippen LogP contribution in [0, 0.1) is 18.3 Å². The molecule has 2 atom stereocenters. The van der Waals surface area contributed by atoms with Crippen LogP contribution in [0.25, 0.3) is 0 Å². The molecule has 0 aromatic heterocycles. The quantitative estimate of drug-likeness (QED) is 0.828. The van der Waals surface area contributed by atoms with Gasteiger partial charge >= 0.3 is 0 Å². The highest BCUT2D eigenvalue weighted by molar-refractivity contribution is 7.89. The van der Waals surface area contributed by atoms with Crippen molar-refractivity contribution in [1.82, 2.24) is 4.31 Å². The molecule has 1 aromatic carbocycles. The van der Waals surface area contributed by atoms with Crippen molar-refractivity contribution in [1.29, 1.82) is 0 Å². The summed E-state index contributed by atoms with van der Waals surface area (Å²) < 4.78 is 27.1. The highest BCUT2D eigenvalue weighted by Crippen LogP contribution is 2.43. The van der Waals surface area contributed by atoms with Crippen LogP contribution in [-0.4, -0.2) is 37.4 Å². The van der Waals surface area contributed by atoms with Gasteiger partial charge in [0.05, 0.1) is 11.4 Å². The first-order chi connectivity index (χ1) is 11.7. The maximum atomic E-state index is 12.9. The van der Waals surface area contributed by atoms with E-state index in [1.807, 2.05) is 6.92 Å². The molecule has 0 radical (unpaired) electrons. The van der Waals surface area contributed by atoms with Crippen molar-refractivity contribution in [3.63, 3.8) is 0 Å². The number of ketones is 2. The fourth-order valence-electron chi connectivity index (χ4n) is 4.09. The van der Waals surface area contributed by atoms with Gasteiger partial charge < -0.3 is 0 Å². The van der Waals surface area contributed by atoms with Crippen molar-refractivity contribution >= 4 is 21.6 Å². The molecule has 1 saturated carbocycles. The summed E-state index contributed by atoms with van der Waals surface area (Å²) in [5, 5.41) is 0. The van der Waals surface area contributed by atoms with E-state index in [0.29, 0.717) is 19.3 Å². The number of sulfonamides is 1. The van der Waals surface area contributed by atoms with Gasteiger partial charge in [0.2, 0.25) is 10.0 Å². The molecule has 6 heteroatoms. The number of rotatable bonds is 3. The molecular weight excluding hydrogens is 338 g/mol. The second kappa shape index (κ2) is 6.65. The van der Waals surface area contributed by atoms with Gasteiger partial charge in [-0.25, -0.2) is 8.42 Å². The van der Waals surface area contributed by atoms with E-state index in [1.54, 1.807) is 31.2 Å². The predicted octanol–water partition coefficient (Wildman–Crippen LogP) is 2.72. The van der Waals surface area contributed by atoms with Crippen LogP contribution < -0.4 is 0 Å². The first kappa shape index (κ1) is 18.3. The summed E-state index contributed by atoms with van der Waals surface area (Å²) in [5.74, 6) is 0.189. The molecule has 0 N–H and O–H groups in total. The summed E-state index contributed by atoms with van der Waals surface area (Å²) in [6.07, 6.45) is 3.56. The molecule has 1 saturated heterocycles. The van der Waals surface area contributed by atoms with Gasteiger partial charge in [-0.05, 0) is 51.7 Å². The van der Waals surface area contributed by atoms with Crippen LogP contribution in [0.1, 0.15) is 44.6 Å². The van der Waals surface area contributed by atoms with Gasteiger partial charge in [0.1, 0.15) is 5.78 Å². The molecule has 2 fully saturated rings. The van der Waals surface area contributed by atoms with Crippen molar-refractivity contribution < 1.29 is 18.0 Å². The fraction of sp³-hybridized carbons (Fsp3) is 0.579. The monoisotopic (exact) mass is 363 g/mol. The number of nitrogens with zero attached hydrogens (tertiary/aromatic N) is 1. The van der Waals surface area contributed by atoms with Crippen LogP contribution in [0.5, 0.6) is 0 Å². The Labute approximate surface area is 149 Å². The van der Waals surface area contributed by atoms with E-state index in [0.717, 1.165) is 18.4 Å². The van der Waals surface area contributed by atoms with E-state index in [-0.39, 0.29) is 35.5 Å². The molecule has 1 aromatic rings. The van der Waals surface area contributed by atoms with Crippen molar-refractivity contribution in [2.45, 2.75) is 50.8 Å². The Kier molecular flexibility index (Phi) is 4.86. The average molecular weight is 363 g/mol. The van der Waals surface area contributed by atoms with E-state index in [1.165, 1.54) is 4.31 Å². The van der Waals surface area contributed by atoms with Crippen molar-refractivity contribution in [3.05, 3.63) is 29.8 Å². The van der Waals surface area contributed by atoms with Crippen LogP contribution in [-0.2, 0) is 19.6 Å². The van der Waals surface area contributed by atoms with Crippen molar-refractivity contribution in [3.8, 4) is 0 Å². The maximum absolute atomic E-state index is 12.9. The van der Waals surface area contributed by atoms with Crippen LogP contribution in [0.4, 0.5) is 0 Å². The molecule has 1 heterocycles. The number of hydrogen-bond donors (Lipinski definition) is 0. The van der Waals surface area contributed by atoms with Gasteiger partial charge in [0, 0.05) is 17.9 Å². The Morgan fingerprint density at radius 2 is 1.84 bits per heavy atom. The Morgan fingerprint density at radius 3 is 2.48 bits per heavy atom. The van der Waals surface area contributed by atoms with Crippen LogP contribution in [0.2, 0.25) is 0 Å². The number of aryl methyl sites for hydroxylation is 1. The third-order valence-corrected chi connectivity index (χ3v) is 7.61. The average Bonchev–Trinajstić information content (AvgIpc) is 2.75. The molecule has 0 bridgehead atoms. The third-order valence-electron chi connectivity index (χ3n) is 5.80. The molecular formula is C19H25NO4S. The number of benzene rings is 1. The maximum Gasteiger partial charge on any atom is 0.243 e. The molecule has 3 rings (SSSR count). The first-order valence-electron chi connectivity index (χ1n) is 8.85. The highest BCUT2D eigenvalue weighted by Gasteiger charge is 2.50. The van der Waals surface area contributed by atoms with E-state index < -0.39 is 15.4 Å². The molecule has 1 spiro atoms. The zero-order valence-corrected chi connectivity index (χ0v) is 15.6. The second-order valence-corrected chi connectivity index (χ2v) is 9.47. The summed E-state index contributed by atoms with van der Waals surface area (Å²) in [5.41, 5.74) is 0.383. The molecule has 0 amide bonds. The van der Waals surface area contributed by atoms with Gasteiger partial charge in [-0.3, -0.25) is 9.59 Å². The topological polar surface area (TPSA) is 71.5 Å². The standard InChI is InChI=1S/C19H25NO4S/c1-14-5-7-17(8-6-14)25(23,24)20-12-18(22)19(13-20)10-3-4-16(9-11-19)15(2)21/h5-8,16H,3-4,9-13H2,1-2H3/t16-,19+/m0/s1. The second-order valence-electron chi connectivity index (χ2n) is 7.53. The summed E-state index contributed by atoms with van der Waals surface area (Å²) >= 11 is 0. The Morgan fingerprint density at radius 1 is 1.16 bits per heavy atom. The fourth-order valence-corrected chi connectivity index (χ4v) is 5.57. The van der Waals surface area contributed by atoms with Gasteiger partial charge in [-0.2, -0.15) is 4.31 Å². The SMILES string of the molecule is CC(=O)[C@H]1CCC[C@@]2(CC1)CN(S(=O)(=O)c1ccc(C)cc1)CC2=O. The summed E-state index contributed by atoms with van der Waals surface area (Å²) in [6, 6.07) is 6.73. The van der Waals surface area contributed by atoms with Gasteiger partial charge in [-0.1, -0.05) is 24.1 Å². The zero-order chi connectivity index (χ0) is 18.2. The highest BCUT2D eigenvalue weighted by atomic mass is 32.2. The molecule has 5 nitrogen and oxygen atoms in total. The van der Waals surface area contributed by atoms with E-state index in [4.69, 9.17) is 0 Å². The Hall–Kier alpha value is -1.53. The molecule has 25 heavy (non-hydrogen) atoms. The van der Waals surface area contributed by atoms with Crippen LogP contribution in [0.15, 0.2) is 29.2 Å². The smallest absolute Gasteiger partial charge is 0.243 e. The molecule has 2 aliphatic rings. The predicted molar refractivity (Wildman–Crippen MR) is 94.6 cm³/mol. The van der Waals surface area contributed by atoms with Gasteiger partial charge in [0.15, 0.2) is 5.78 Å². The summed E-state index contributed by atoms with van der Waals surface area (Å²) in [7, 11) is -3.66. The lowest BCUT2D eigenvalue weighted by molar-refractivity contribution is -0.125. The number of Topliss-reactive ketones (excluding diaryl/α,β-unsaturated/α-hetero) is 2. The first-order valence-corrected chi connectivity index (χ1v) is 10.3. The lowest BCUT2D eigenvalue weighted by atomic mass is 9.78. The van der Waals surface area contributed by atoms with Crippen LogP contribution in [0.3, 0.4) is 0 Å².